The van der Waals surface area contributed by atoms with Gasteiger partial charge in [0.15, 0.2) is 4.80 Å². The standard InChI is InChI=1S/C29H26ClFN4O3S/c30-19-3-10-25-24(17-19)23-11-12-35(29(36)38-22-8-4-20(31)5-9-22)27(26(23)33-25)18-1-6-21(7-2-18)37-15-13-34-14-16-39-28(34)32/h1-2,4-10,14,16-17,19,27,32-33H,3,11-13,15H2. The number of alkyl halides is 1. The molecule has 2 unspecified atom stereocenters. The molecule has 2 aromatic carbocycles. The number of carbonyl (C=O) groups is 1. The van der Waals surface area contributed by atoms with E-state index in [4.69, 9.17) is 26.5 Å². The van der Waals surface area contributed by atoms with Crippen LogP contribution >= 0.6 is 22.9 Å². The molecule has 6 rings (SSSR count). The summed E-state index contributed by atoms with van der Waals surface area (Å²) in [6.45, 7) is 1.47. The molecule has 4 aromatic rings. The number of H-pyrrole nitrogens is 1. The summed E-state index contributed by atoms with van der Waals surface area (Å²) < 4.78 is 26.8. The number of thiazole rings is 1. The molecular formula is C29H26ClFN4O3S. The van der Waals surface area contributed by atoms with Gasteiger partial charge >= 0.3 is 6.09 Å². The highest BCUT2D eigenvalue weighted by Gasteiger charge is 2.35. The lowest BCUT2D eigenvalue weighted by Gasteiger charge is -2.35. The molecular weight excluding hydrogens is 539 g/mol. The van der Waals surface area contributed by atoms with Crippen molar-refractivity contribution in [3.05, 3.63) is 98.1 Å². The molecule has 1 aliphatic carbocycles. The van der Waals surface area contributed by atoms with Gasteiger partial charge in [0.2, 0.25) is 0 Å². The van der Waals surface area contributed by atoms with E-state index in [0.29, 0.717) is 36.7 Å². The number of ether oxygens (including phenoxy) is 2. The number of nitrogens with zero attached hydrogens (tertiary/aromatic N) is 2. The van der Waals surface area contributed by atoms with Crippen molar-refractivity contribution in [1.82, 2.24) is 14.5 Å². The van der Waals surface area contributed by atoms with Crippen molar-refractivity contribution in [1.29, 1.82) is 5.41 Å². The number of aromatic nitrogens is 2. The molecule has 2 aliphatic rings. The van der Waals surface area contributed by atoms with E-state index in [1.165, 1.54) is 35.6 Å². The zero-order valence-corrected chi connectivity index (χ0v) is 22.5. The van der Waals surface area contributed by atoms with Gasteiger partial charge in [-0.3, -0.25) is 10.3 Å². The molecule has 2 aromatic heterocycles. The van der Waals surface area contributed by atoms with Gasteiger partial charge in [0.05, 0.1) is 11.9 Å². The molecule has 3 heterocycles. The summed E-state index contributed by atoms with van der Waals surface area (Å²) in [4.78, 5) is 19.1. The highest BCUT2D eigenvalue weighted by molar-refractivity contribution is 7.06. The molecule has 0 fully saturated rings. The zero-order chi connectivity index (χ0) is 26.9. The van der Waals surface area contributed by atoms with Crippen LogP contribution in [0, 0.1) is 11.2 Å². The van der Waals surface area contributed by atoms with Gasteiger partial charge in [0, 0.05) is 34.4 Å². The van der Waals surface area contributed by atoms with Gasteiger partial charge in [0.25, 0.3) is 0 Å². The summed E-state index contributed by atoms with van der Waals surface area (Å²) in [6, 6.07) is 12.7. The Balaban J connectivity index is 1.29. The van der Waals surface area contributed by atoms with Gasteiger partial charge in [-0.1, -0.05) is 24.3 Å². The first kappa shape index (κ1) is 25.5. The maximum atomic E-state index is 13.4. The lowest BCUT2D eigenvalue weighted by atomic mass is 9.92. The Morgan fingerprint density at radius 1 is 1.15 bits per heavy atom. The minimum Gasteiger partial charge on any atom is -0.492 e. The summed E-state index contributed by atoms with van der Waals surface area (Å²) in [7, 11) is 0. The largest absolute Gasteiger partial charge is 0.492 e. The number of nitrogens with one attached hydrogen (secondary N) is 2. The molecule has 0 saturated heterocycles. The molecule has 0 radical (unpaired) electrons. The third-order valence-corrected chi connectivity index (χ3v) is 8.04. The third-order valence-electron chi connectivity index (χ3n) is 7.02. The number of benzene rings is 2. The van der Waals surface area contributed by atoms with E-state index < -0.39 is 18.0 Å². The molecule has 0 spiro atoms. The average Bonchev–Trinajstić information content (AvgIpc) is 3.52. The summed E-state index contributed by atoms with van der Waals surface area (Å²) in [5.74, 6) is 0.593. The van der Waals surface area contributed by atoms with Crippen LogP contribution in [-0.4, -0.2) is 39.1 Å². The van der Waals surface area contributed by atoms with Crippen molar-refractivity contribution in [3.8, 4) is 11.5 Å². The number of rotatable bonds is 6. The first-order valence-corrected chi connectivity index (χ1v) is 14.0. The van der Waals surface area contributed by atoms with Crippen LogP contribution in [0.5, 0.6) is 11.5 Å². The lowest BCUT2D eigenvalue weighted by molar-refractivity contribution is 0.135. The van der Waals surface area contributed by atoms with Gasteiger partial charge in [-0.25, -0.2) is 9.18 Å². The van der Waals surface area contributed by atoms with E-state index in [-0.39, 0.29) is 11.1 Å². The van der Waals surface area contributed by atoms with E-state index in [0.717, 1.165) is 33.8 Å². The van der Waals surface area contributed by atoms with E-state index in [2.05, 4.69) is 17.1 Å². The first-order valence-electron chi connectivity index (χ1n) is 12.7. The second-order valence-corrected chi connectivity index (χ2v) is 10.9. The SMILES string of the molecule is N=c1sccn1CCOc1ccc(C2c3[nH]c4c(c3CCN2C(=O)Oc2ccc(F)cc2)=CC(Cl)CC=4)cc1. The molecule has 1 aliphatic heterocycles. The van der Waals surface area contributed by atoms with Crippen LogP contribution in [0.4, 0.5) is 9.18 Å². The van der Waals surface area contributed by atoms with Crippen LogP contribution in [0.2, 0.25) is 0 Å². The van der Waals surface area contributed by atoms with Crippen LogP contribution in [0.25, 0.3) is 12.2 Å². The van der Waals surface area contributed by atoms with Crippen molar-refractivity contribution >= 4 is 41.2 Å². The Labute approximate surface area is 232 Å². The van der Waals surface area contributed by atoms with Gasteiger partial charge in [-0.2, -0.15) is 0 Å². The summed E-state index contributed by atoms with van der Waals surface area (Å²) >= 11 is 7.82. The zero-order valence-electron chi connectivity index (χ0n) is 20.9. The van der Waals surface area contributed by atoms with Crippen molar-refractivity contribution in [3.63, 3.8) is 0 Å². The summed E-state index contributed by atoms with van der Waals surface area (Å²) in [5, 5.41) is 11.8. The average molecular weight is 565 g/mol. The van der Waals surface area contributed by atoms with Crippen LogP contribution in [0.1, 0.15) is 29.3 Å². The topological polar surface area (TPSA) is 83.3 Å². The maximum Gasteiger partial charge on any atom is 0.416 e. The molecule has 1 amide bonds. The highest BCUT2D eigenvalue weighted by Crippen LogP contribution is 2.34. The molecule has 0 bridgehead atoms. The minimum atomic E-state index is -0.507. The number of fused-ring (bicyclic) bond motifs is 3. The Bertz CT molecular complexity index is 1680. The summed E-state index contributed by atoms with van der Waals surface area (Å²) in [5.41, 5.74) is 2.99. The second kappa shape index (κ2) is 10.7. The number of amides is 1. The Kier molecular flexibility index (Phi) is 7.01. The number of carbonyl (C=O) groups excluding carboxylic acids is 1. The van der Waals surface area contributed by atoms with Gasteiger partial charge < -0.3 is 19.0 Å². The maximum absolute atomic E-state index is 13.4. The highest BCUT2D eigenvalue weighted by atomic mass is 35.5. The molecule has 7 nitrogen and oxygen atoms in total. The molecule has 2 N–H and O–H groups in total. The number of halogens is 2. The van der Waals surface area contributed by atoms with Crippen molar-refractivity contribution in [2.45, 2.75) is 30.8 Å². The van der Waals surface area contributed by atoms with Gasteiger partial charge in [-0.05, 0) is 60.4 Å². The summed E-state index contributed by atoms with van der Waals surface area (Å²) in [6.07, 6.45) is 6.95. The predicted octanol–water partition coefficient (Wildman–Crippen LogP) is 4.29. The third kappa shape index (κ3) is 5.24. The smallest absolute Gasteiger partial charge is 0.416 e. The Morgan fingerprint density at radius 2 is 1.92 bits per heavy atom. The van der Waals surface area contributed by atoms with Gasteiger partial charge in [-0.15, -0.1) is 22.9 Å². The predicted molar refractivity (Wildman–Crippen MR) is 148 cm³/mol. The van der Waals surface area contributed by atoms with Crippen molar-refractivity contribution in [2.75, 3.05) is 13.2 Å². The Morgan fingerprint density at radius 3 is 2.67 bits per heavy atom. The van der Waals surface area contributed by atoms with E-state index in [9.17, 15) is 9.18 Å². The van der Waals surface area contributed by atoms with Crippen molar-refractivity contribution < 1.29 is 18.7 Å². The molecule has 200 valence electrons. The fourth-order valence-electron chi connectivity index (χ4n) is 5.14. The van der Waals surface area contributed by atoms with Crippen LogP contribution in [-0.2, 0) is 13.0 Å². The molecule has 39 heavy (non-hydrogen) atoms. The second-order valence-electron chi connectivity index (χ2n) is 9.45. The van der Waals surface area contributed by atoms with Crippen molar-refractivity contribution in [2.24, 2.45) is 0 Å². The van der Waals surface area contributed by atoms with Crippen LogP contribution in [0.3, 0.4) is 0 Å². The lowest BCUT2D eigenvalue weighted by Crippen LogP contribution is -2.43. The van der Waals surface area contributed by atoms with E-state index in [1.54, 1.807) is 4.90 Å². The van der Waals surface area contributed by atoms with Gasteiger partial charge in [0.1, 0.15) is 30.0 Å². The van der Waals surface area contributed by atoms with E-state index in [1.807, 2.05) is 40.4 Å². The number of hydrogen-bond donors (Lipinski definition) is 2. The number of hydrogen-bond acceptors (Lipinski definition) is 5. The monoisotopic (exact) mass is 564 g/mol. The molecule has 0 saturated carbocycles. The normalized spacial score (nSPS) is 17.9. The Hall–Kier alpha value is -3.82. The molecule has 2 atom stereocenters. The van der Waals surface area contributed by atoms with E-state index >= 15 is 0 Å². The quantitative estimate of drug-likeness (QED) is 0.343. The first-order chi connectivity index (χ1) is 19.0. The number of aromatic amines is 1. The van der Waals surface area contributed by atoms with Crippen LogP contribution in [0.15, 0.2) is 60.1 Å². The molecule has 10 heteroatoms. The fourth-order valence-corrected chi connectivity index (χ4v) is 5.98. The fraction of sp³-hybridized carbons (Fsp3) is 0.241. The minimum absolute atomic E-state index is 0.0628. The van der Waals surface area contributed by atoms with Crippen LogP contribution < -0.4 is 24.8 Å².